The smallest absolute Gasteiger partial charge is 0.236 e. The lowest BCUT2D eigenvalue weighted by Crippen LogP contribution is -1.86. The topological polar surface area (TPSA) is 64.9 Å². The van der Waals surface area contributed by atoms with E-state index in [0.29, 0.717) is 17.4 Å². The second-order valence-electron chi connectivity index (χ2n) is 3.07. The molecule has 1 heterocycles. The van der Waals surface area contributed by atoms with Crippen molar-refractivity contribution in [2.45, 2.75) is 5.75 Å². The monoisotopic (exact) mass is 221 g/mol. The number of rotatable bonds is 3. The molecule has 0 fully saturated rings. The predicted molar refractivity (Wildman–Crippen MR) is 61.4 cm³/mol. The van der Waals surface area contributed by atoms with Gasteiger partial charge in [-0.15, -0.1) is 0 Å². The fourth-order valence-electron chi connectivity index (χ4n) is 1.23. The third kappa shape index (κ3) is 2.30. The molecule has 0 aliphatic carbocycles. The Kier molecular flexibility index (Phi) is 2.91. The summed E-state index contributed by atoms with van der Waals surface area (Å²) in [7, 11) is 0. The van der Waals surface area contributed by atoms with Gasteiger partial charge in [0.05, 0.1) is 5.75 Å². The van der Waals surface area contributed by atoms with E-state index in [1.54, 1.807) is 11.8 Å². The number of aromatic nitrogens is 2. The third-order valence-corrected chi connectivity index (χ3v) is 2.42. The van der Waals surface area contributed by atoms with Gasteiger partial charge in [-0.2, -0.15) is 16.7 Å². The summed E-state index contributed by atoms with van der Waals surface area (Å²) >= 11 is 1.65. The van der Waals surface area contributed by atoms with Crippen LogP contribution in [0.2, 0.25) is 0 Å². The average molecular weight is 221 g/mol. The number of hydrogen-bond donors (Lipinski definition) is 1. The first-order valence-electron chi connectivity index (χ1n) is 4.47. The van der Waals surface area contributed by atoms with Crippen LogP contribution in [0.1, 0.15) is 5.89 Å². The van der Waals surface area contributed by atoms with E-state index in [9.17, 15) is 0 Å². The van der Waals surface area contributed by atoms with E-state index in [4.69, 9.17) is 10.3 Å². The summed E-state index contributed by atoms with van der Waals surface area (Å²) in [6, 6.07) is 7.43. The number of hydrogen-bond acceptors (Lipinski definition) is 5. The van der Waals surface area contributed by atoms with Crippen molar-refractivity contribution in [1.82, 2.24) is 10.1 Å². The van der Waals surface area contributed by atoms with Gasteiger partial charge < -0.3 is 10.3 Å². The largest absolute Gasteiger partial charge is 0.399 e. The van der Waals surface area contributed by atoms with Crippen LogP contribution in [0.15, 0.2) is 28.8 Å². The van der Waals surface area contributed by atoms with Gasteiger partial charge >= 0.3 is 0 Å². The maximum absolute atomic E-state index is 5.67. The molecule has 2 N–H and O–H groups in total. The lowest BCUT2D eigenvalue weighted by atomic mass is 10.2. The molecule has 0 spiro atoms. The summed E-state index contributed by atoms with van der Waals surface area (Å²) in [6.45, 7) is 0. The number of anilines is 1. The first-order chi connectivity index (χ1) is 7.29. The third-order valence-electron chi connectivity index (χ3n) is 1.88. The molecule has 2 rings (SSSR count). The maximum Gasteiger partial charge on any atom is 0.236 e. The highest BCUT2D eigenvalue weighted by Crippen LogP contribution is 2.19. The van der Waals surface area contributed by atoms with E-state index in [0.717, 1.165) is 11.3 Å². The standard InChI is InChI=1S/C10H11N3OS/c1-15-6-9-12-10(13-14-9)7-3-2-4-8(11)5-7/h2-5H,6,11H2,1H3. The summed E-state index contributed by atoms with van der Waals surface area (Å²) in [5, 5.41) is 3.89. The summed E-state index contributed by atoms with van der Waals surface area (Å²) < 4.78 is 5.08. The molecule has 1 aromatic heterocycles. The van der Waals surface area contributed by atoms with E-state index in [2.05, 4.69) is 10.1 Å². The van der Waals surface area contributed by atoms with Gasteiger partial charge in [0.1, 0.15) is 0 Å². The zero-order valence-corrected chi connectivity index (χ0v) is 9.12. The van der Waals surface area contributed by atoms with Gasteiger partial charge in [-0.1, -0.05) is 17.3 Å². The van der Waals surface area contributed by atoms with Crippen LogP contribution in [-0.2, 0) is 5.75 Å². The first kappa shape index (κ1) is 10.0. The molecule has 0 unspecified atom stereocenters. The van der Waals surface area contributed by atoms with Crippen molar-refractivity contribution in [2.75, 3.05) is 12.0 Å². The first-order valence-corrected chi connectivity index (χ1v) is 5.86. The molecule has 0 aliphatic rings. The number of thioether (sulfide) groups is 1. The van der Waals surface area contributed by atoms with Crippen molar-refractivity contribution < 1.29 is 4.52 Å². The van der Waals surface area contributed by atoms with E-state index in [-0.39, 0.29) is 0 Å². The Bertz CT molecular complexity index is 455. The Labute approximate surface area is 91.9 Å². The Morgan fingerprint density at radius 3 is 3.07 bits per heavy atom. The average Bonchev–Trinajstić information content (AvgIpc) is 2.67. The SMILES string of the molecule is CSCc1nc(-c2cccc(N)c2)no1. The summed E-state index contributed by atoms with van der Waals surface area (Å²) in [5.41, 5.74) is 7.25. The molecule has 0 radical (unpaired) electrons. The fourth-order valence-corrected chi connectivity index (χ4v) is 1.60. The molecular weight excluding hydrogens is 210 g/mol. The lowest BCUT2D eigenvalue weighted by Gasteiger charge is -1.95. The number of nitrogens with two attached hydrogens (primary N) is 1. The summed E-state index contributed by atoms with van der Waals surface area (Å²) in [5.74, 6) is 1.96. The van der Waals surface area contributed by atoms with Gasteiger partial charge in [0.2, 0.25) is 11.7 Å². The lowest BCUT2D eigenvalue weighted by molar-refractivity contribution is 0.392. The van der Waals surface area contributed by atoms with E-state index >= 15 is 0 Å². The highest BCUT2D eigenvalue weighted by molar-refractivity contribution is 7.97. The van der Waals surface area contributed by atoms with Crippen LogP contribution in [-0.4, -0.2) is 16.4 Å². The molecule has 0 atom stereocenters. The van der Waals surface area contributed by atoms with Gasteiger partial charge in [-0.3, -0.25) is 0 Å². The molecule has 5 heteroatoms. The normalized spacial score (nSPS) is 10.5. The van der Waals surface area contributed by atoms with E-state index in [1.807, 2.05) is 30.5 Å². The minimum absolute atomic E-state index is 0.589. The molecular formula is C10H11N3OS. The van der Waals surface area contributed by atoms with Crippen molar-refractivity contribution in [2.24, 2.45) is 0 Å². The molecule has 0 aliphatic heterocycles. The van der Waals surface area contributed by atoms with Gasteiger partial charge in [-0.25, -0.2) is 0 Å². The van der Waals surface area contributed by atoms with E-state index < -0.39 is 0 Å². The van der Waals surface area contributed by atoms with Crippen LogP contribution in [0, 0.1) is 0 Å². The van der Waals surface area contributed by atoms with Gasteiger partial charge in [0, 0.05) is 11.3 Å². The second kappa shape index (κ2) is 4.35. The molecule has 15 heavy (non-hydrogen) atoms. The Morgan fingerprint density at radius 1 is 1.47 bits per heavy atom. The van der Waals surface area contributed by atoms with Crippen LogP contribution in [0.25, 0.3) is 11.4 Å². The Morgan fingerprint density at radius 2 is 2.33 bits per heavy atom. The molecule has 78 valence electrons. The molecule has 0 bridgehead atoms. The van der Waals surface area contributed by atoms with Crippen LogP contribution < -0.4 is 5.73 Å². The summed E-state index contributed by atoms with van der Waals surface area (Å²) in [6.07, 6.45) is 1.99. The van der Waals surface area contributed by atoms with Crippen LogP contribution >= 0.6 is 11.8 Å². The molecule has 4 nitrogen and oxygen atoms in total. The second-order valence-corrected chi connectivity index (χ2v) is 3.94. The van der Waals surface area contributed by atoms with Crippen LogP contribution in [0.5, 0.6) is 0 Å². The minimum Gasteiger partial charge on any atom is -0.399 e. The van der Waals surface area contributed by atoms with Crippen molar-refractivity contribution in [1.29, 1.82) is 0 Å². The van der Waals surface area contributed by atoms with Crippen LogP contribution in [0.3, 0.4) is 0 Å². The van der Waals surface area contributed by atoms with Crippen LogP contribution in [0.4, 0.5) is 5.69 Å². The summed E-state index contributed by atoms with van der Waals surface area (Å²) in [4.78, 5) is 4.26. The predicted octanol–water partition coefficient (Wildman–Crippen LogP) is 2.18. The zero-order chi connectivity index (χ0) is 10.7. The number of benzene rings is 1. The maximum atomic E-state index is 5.67. The number of nitrogen functional groups attached to an aromatic ring is 1. The minimum atomic E-state index is 0.589. The van der Waals surface area contributed by atoms with Gasteiger partial charge in [-0.05, 0) is 18.4 Å². The van der Waals surface area contributed by atoms with Crippen molar-refractivity contribution in [3.05, 3.63) is 30.2 Å². The quantitative estimate of drug-likeness (QED) is 0.805. The van der Waals surface area contributed by atoms with Gasteiger partial charge in [0.15, 0.2) is 0 Å². The molecule has 2 aromatic rings. The van der Waals surface area contributed by atoms with Crippen molar-refractivity contribution in [3.8, 4) is 11.4 Å². The fraction of sp³-hybridized carbons (Fsp3) is 0.200. The molecule has 1 aromatic carbocycles. The van der Waals surface area contributed by atoms with E-state index in [1.165, 1.54) is 0 Å². The number of nitrogens with zero attached hydrogens (tertiary/aromatic N) is 2. The highest BCUT2D eigenvalue weighted by Gasteiger charge is 2.07. The van der Waals surface area contributed by atoms with Crippen molar-refractivity contribution >= 4 is 17.4 Å². The molecule has 0 saturated heterocycles. The molecule has 0 amide bonds. The Balaban J connectivity index is 2.29. The zero-order valence-electron chi connectivity index (χ0n) is 8.30. The van der Waals surface area contributed by atoms with Gasteiger partial charge in [0.25, 0.3) is 0 Å². The Hall–Kier alpha value is -1.49. The highest BCUT2D eigenvalue weighted by atomic mass is 32.2. The van der Waals surface area contributed by atoms with Crippen molar-refractivity contribution in [3.63, 3.8) is 0 Å². The molecule has 0 saturated carbocycles.